The summed E-state index contributed by atoms with van der Waals surface area (Å²) in [7, 11) is 1.46. The SMILES string of the molecule is COc1cc(C=CC2C3=CCC4C(=O)NC(=O)C4C3CC3=C2C(=O)C=C(Br)C3=O)ccc1O. The van der Waals surface area contributed by atoms with Crippen molar-refractivity contribution in [3.05, 3.63) is 63.2 Å². The fourth-order valence-electron chi connectivity index (χ4n) is 5.40. The van der Waals surface area contributed by atoms with E-state index in [2.05, 4.69) is 21.2 Å². The van der Waals surface area contributed by atoms with Gasteiger partial charge in [-0.3, -0.25) is 24.5 Å². The second-order valence-corrected chi connectivity index (χ2v) is 9.44. The van der Waals surface area contributed by atoms with Crippen LogP contribution in [0.4, 0.5) is 0 Å². The number of imide groups is 1. The number of carbonyl (C=O) groups is 4. The molecule has 7 nitrogen and oxygen atoms in total. The highest BCUT2D eigenvalue weighted by Gasteiger charge is 2.52. The number of phenolic OH excluding ortho intramolecular Hbond substituents is 1. The predicted molar refractivity (Wildman–Crippen MR) is 122 cm³/mol. The van der Waals surface area contributed by atoms with Gasteiger partial charge < -0.3 is 9.84 Å². The second-order valence-electron chi connectivity index (χ2n) is 8.58. The van der Waals surface area contributed by atoms with Crippen molar-refractivity contribution in [1.82, 2.24) is 5.32 Å². The van der Waals surface area contributed by atoms with Gasteiger partial charge in [0.05, 0.1) is 23.4 Å². The highest BCUT2D eigenvalue weighted by molar-refractivity contribution is 9.12. The molecule has 5 rings (SSSR count). The van der Waals surface area contributed by atoms with E-state index in [1.807, 2.05) is 12.2 Å². The zero-order valence-corrected chi connectivity index (χ0v) is 19.2. The van der Waals surface area contributed by atoms with Crippen molar-refractivity contribution in [3.8, 4) is 11.5 Å². The molecule has 4 unspecified atom stereocenters. The first-order valence-electron chi connectivity index (χ1n) is 10.6. The molecular weight excluding hydrogens is 490 g/mol. The number of hydrogen-bond donors (Lipinski definition) is 2. The lowest BCUT2D eigenvalue weighted by atomic mass is 9.61. The normalized spacial score (nSPS) is 28.8. The number of amides is 2. The third kappa shape index (κ3) is 3.40. The first-order valence-corrected chi connectivity index (χ1v) is 11.4. The molecule has 1 aromatic rings. The Balaban J connectivity index is 1.61. The van der Waals surface area contributed by atoms with Crippen LogP contribution >= 0.6 is 15.9 Å². The van der Waals surface area contributed by atoms with Crippen LogP contribution in [0.3, 0.4) is 0 Å². The molecule has 0 bridgehead atoms. The van der Waals surface area contributed by atoms with Crippen LogP contribution < -0.4 is 10.1 Å². The van der Waals surface area contributed by atoms with Gasteiger partial charge in [0.15, 0.2) is 23.1 Å². The van der Waals surface area contributed by atoms with E-state index in [1.54, 1.807) is 18.2 Å². The zero-order valence-electron chi connectivity index (χ0n) is 17.6. The van der Waals surface area contributed by atoms with Crippen LogP contribution in [0.2, 0.25) is 0 Å². The highest BCUT2D eigenvalue weighted by atomic mass is 79.9. The molecule has 1 saturated heterocycles. The molecule has 0 saturated carbocycles. The summed E-state index contributed by atoms with van der Waals surface area (Å²) in [5.74, 6) is -2.63. The van der Waals surface area contributed by atoms with Crippen LogP contribution in [-0.4, -0.2) is 35.6 Å². The number of ketones is 2. The van der Waals surface area contributed by atoms with E-state index in [1.165, 1.54) is 19.3 Å². The maximum atomic E-state index is 13.0. The van der Waals surface area contributed by atoms with Crippen LogP contribution in [0.25, 0.3) is 6.08 Å². The number of methoxy groups -OCH3 is 1. The Labute approximate surface area is 198 Å². The summed E-state index contributed by atoms with van der Waals surface area (Å²) in [4.78, 5) is 50.9. The molecule has 4 atom stereocenters. The smallest absolute Gasteiger partial charge is 0.231 e. The summed E-state index contributed by atoms with van der Waals surface area (Å²) in [6.45, 7) is 0. The van der Waals surface area contributed by atoms with Crippen molar-refractivity contribution in [3.63, 3.8) is 0 Å². The summed E-state index contributed by atoms with van der Waals surface area (Å²) in [6, 6.07) is 4.89. The van der Waals surface area contributed by atoms with Crippen LogP contribution in [0.15, 0.2) is 57.6 Å². The number of phenols is 1. The number of Topliss-reactive ketones (excluding diaryl/α,β-unsaturated/α-hetero) is 1. The van der Waals surface area contributed by atoms with Gasteiger partial charge in [-0.1, -0.05) is 29.9 Å². The largest absolute Gasteiger partial charge is 0.504 e. The number of ether oxygens (including phenoxy) is 1. The van der Waals surface area contributed by atoms with Crippen molar-refractivity contribution in [1.29, 1.82) is 0 Å². The zero-order chi connectivity index (χ0) is 23.4. The number of nitrogens with one attached hydrogen (secondary N) is 1. The number of allylic oxidation sites excluding steroid dienone is 7. The van der Waals surface area contributed by atoms with Gasteiger partial charge in [-0.15, -0.1) is 0 Å². The first kappa shape index (κ1) is 21.6. The summed E-state index contributed by atoms with van der Waals surface area (Å²) >= 11 is 3.19. The van der Waals surface area contributed by atoms with Crippen molar-refractivity contribution in [2.24, 2.45) is 23.7 Å². The fourth-order valence-corrected chi connectivity index (χ4v) is 5.85. The van der Waals surface area contributed by atoms with Crippen LogP contribution in [0.1, 0.15) is 18.4 Å². The van der Waals surface area contributed by atoms with Crippen molar-refractivity contribution in [2.45, 2.75) is 12.8 Å². The molecule has 4 aliphatic rings. The van der Waals surface area contributed by atoms with Crippen LogP contribution in [0.5, 0.6) is 11.5 Å². The topological polar surface area (TPSA) is 110 Å². The van der Waals surface area contributed by atoms with Gasteiger partial charge in [0.25, 0.3) is 0 Å². The minimum Gasteiger partial charge on any atom is -0.504 e. The fraction of sp³-hybridized carbons (Fsp3) is 0.280. The maximum absolute atomic E-state index is 13.0. The van der Waals surface area contributed by atoms with Gasteiger partial charge in [-0.2, -0.15) is 0 Å². The molecule has 2 N–H and O–H groups in total. The van der Waals surface area contributed by atoms with E-state index in [9.17, 15) is 24.3 Å². The summed E-state index contributed by atoms with van der Waals surface area (Å²) < 4.78 is 5.37. The Kier molecular flexibility index (Phi) is 5.20. The number of rotatable bonds is 3. The standard InChI is InChI=1S/C25H20BrNO6/c1-33-20-8-11(3-7-18(20)28)2-4-13-12-5-6-14-22(25(32)27-24(14)31)15(12)9-16-21(13)19(29)10-17(26)23(16)30/h2-5,7-8,10,13-15,22,28H,6,9H2,1H3,(H,27,31,32). The quantitative estimate of drug-likeness (QED) is 0.368. The van der Waals surface area contributed by atoms with E-state index in [4.69, 9.17) is 4.74 Å². The number of hydrogen-bond acceptors (Lipinski definition) is 6. The Morgan fingerprint density at radius 3 is 2.70 bits per heavy atom. The number of benzene rings is 1. The summed E-state index contributed by atoms with van der Waals surface area (Å²) in [5.41, 5.74) is 2.43. The van der Waals surface area contributed by atoms with E-state index < -0.39 is 17.8 Å². The van der Waals surface area contributed by atoms with Crippen molar-refractivity contribution < 1.29 is 29.0 Å². The average molecular weight is 510 g/mol. The lowest BCUT2D eigenvalue weighted by molar-refractivity contribution is -0.126. The van der Waals surface area contributed by atoms with Crippen molar-refractivity contribution in [2.75, 3.05) is 7.11 Å². The molecular formula is C25H20BrNO6. The minimum atomic E-state index is -0.552. The highest BCUT2D eigenvalue weighted by Crippen LogP contribution is 2.51. The third-order valence-corrected chi connectivity index (χ3v) is 7.50. The Morgan fingerprint density at radius 2 is 1.94 bits per heavy atom. The maximum Gasteiger partial charge on any atom is 0.231 e. The monoisotopic (exact) mass is 509 g/mol. The molecule has 168 valence electrons. The van der Waals surface area contributed by atoms with Gasteiger partial charge in [-0.25, -0.2) is 0 Å². The molecule has 1 heterocycles. The summed E-state index contributed by atoms with van der Waals surface area (Å²) in [5, 5.41) is 12.3. The Hall–Kier alpha value is -3.26. The van der Waals surface area contributed by atoms with Crippen LogP contribution in [-0.2, 0) is 19.2 Å². The van der Waals surface area contributed by atoms with E-state index >= 15 is 0 Å². The lowest BCUT2D eigenvalue weighted by Crippen LogP contribution is -2.39. The van der Waals surface area contributed by atoms with Gasteiger partial charge in [0.1, 0.15) is 0 Å². The molecule has 1 aromatic carbocycles. The Morgan fingerprint density at radius 1 is 1.15 bits per heavy atom. The number of halogens is 1. The first-order chi connectivity index (χ1) is 15.8. The summed E-state index contributed by atoms with van der Waals surface area (Å²) in [6.07, 6.45) is 7.54. The lowest BCUT2D eigenvalue weighted by Gasteiger charge is -2.41. The molecule has 2 amide bonds. The van der Waals surface area contributed by atoms with E-state index in [0.717, 1.165) is 11.1 Å². The van der Waals surface area contributed by atoms with E-state index in [-0.39, 0.29) is 46.0 Å². The second kappa shape index (κ2) is 7.95. The van der Waals surface area contributed by atoms with Crippen LogP contribution in [0, 0.1) is 23.7 Å². The molecule has 3 aliphatic carbocycles. The van der Waals surface area contributed by atoms with Gasteiger partial charge in [-0.05, 0) is 52.4 Å². The van der Waals surface area contributed by atoms with Gasteiger partial charge >= 0.3 is 0 Å². The number of carbonyl (C=O) groups excluding carboxylic acids is 4. The van der Waals surface area contributed by atoms with Gasteiger partial charge in [0, 0.05) is 23.1 Å². The molecule has 1 fully saturated rings. The van der Waals surface area contributed by atoms with E-state index in [0.29, 0.717) is 23.3 Å². The molecule has 0 radical (unpaired) electrons. The Bertz CT molecular complexity index is 1250. The predicted octanol–water partition coefficient (Wildman–Crippen LogP) is 3.00. The van der Waals surface area contributed by atoms with Gasteiger partial charge in [0.2, 0.25) is 11.8 Å². The number of aromatic hydroxyl groups is 1. The average Bonchev–Trinajstić information content (AvgIpc) is 3.09. The molecule has 0 spiro atoms. The minimum absolute atomic E-state index is 0.0124. The van der Waals surface area contributed by atoms with Crippen molar-refractivity contribution >= 4 is 45.4 Å². The molecule has 33 heavy (non-hydrogen) atoms. The number of fused-ring (bicyclic) bond motifs is 3. The molecule has 8 heteroatoms. The molecule has 1 aliphatic heterocycles. The molecule has 0 aromatic heterocycles. The third-order valence-electron chi connectivity index (χ3n) is 6.91.